The van der Waals surface area contributed by atoms with Crippen molar-refractivity contribution >= 4 is 32.8 Å². The van der Waals surface area contributed by atoms with Gasteiger partial charge in [-0.25, -0.2) is 4.98 Å². The maximum absolute atomic E-state index is 9.30. The molecule has 11 aromatic rings. The Morgan fingerprint density at radius 3 is 1.96 bits per heavy atom. The van der Waals surface area contributed by atoms with Gasteiger partial charge in [0.05, 0.1) is 54.0 Å². The molecule has 0 aliphatic rings. The molecule has 0 saturated carbocycles. The summed E-state index contributed by atoms with van der Waals surface area (Å²) in [7, 11) is 0. The monoisotopic (exact) mass is 901 g/mol. The number of pyridine rings is 1. The van der Waals surface area contributed by atoms with Gasteiger partial charge in [0.1, 0.15) is 17.3 Å². The third-order valence-electron chi connectivity index (χ3n) is 12.1. The Balaban J connectivity index is 1.12. The highest BCUT2D eigenvalue weighted by Crippen LogP contribution is 2.41. The van der Waals surface area contributed by atoms with Gasteiger partial charge < -0.3 is 4.74 Å². The van der Waals surface area contributed by atoms with Crippen LogP contribution in [0.1, 0.15) is 82.9 Å². The molecule has 11 rings (SSSR count). The molecule has 5 nitrogen and oxygen atoms in total. The molecule has 0 N–H and O–H groups in total. The van der Waals surface area contributed by atoms with Crippen molar-refractivity contribution in [3.8, 4) is 62.1 Å². The molecule has 0 spiro atoms. The third-order valence-corrected chi connectivity index (χ3v) is 12.1. The van der Waals surface area contributed by atoms with Crippen molar-refractivity contribution in [3.63, 3.8) is 0 Å². The van der Waals surface area contributed by atoms with Gasteiger partial charge in [0, 0.05) is 32.7 Å². The van der Waals surface area contributed by atoms with Crippen molar-refractivity contribution in [1.82, 2.24) is 14.1 Å². The number of hydrogen-bond acceptors (Lipinski definition) is 2. The van der Waals surface area contributed by atoms with Gasteiger partial charge in [-0.1, -0.05) is 181 Å². The van der Waals surface area contributed by atoms with Crippen LogP contribution in [0.2, 0.25) is 0 Å². The van der Waals surface area contributed by atoms with Crippen molar-refractivity contribution in [2.45, 2.75) is 59.2 Å². The van der Waals surface area contributed by atoms with Gasteiger partial charge in [-0.15, -0.1) is 0 Å². The predicted octanol–water partition coefficient (Wildman–Crippen LogP) is 15.9. The van der Waals surface area contributed by atoms with E-state index in [-0.39, 0.29) is 33.6 Å². The number of hydrogen-bond donors (Lipinski definition) is 0. The molecule has 0 fully saturated rings. The van der Waals surface area contributed by atoms with Gasteiger partial charge in [0.25, 0.3) is 6.33 Å². The second-order valence-corrected chi connectivity index (χ2v) is 18.6. The number of nitrogens with zero attached hydrogens (tertiary/aromatic N) is 4. The number of imidazole rings is 1. The largest absolute Gasteiger partial charge is 0.458 e. The fraction of sp³-hybridized carbons (Fsp3) is 0.143. The molecule has 0 amide bonds. The fourth-order valence-electron chi connectivity index (χ4n) is 8.71. The predicted molar refractivity (Wildman–Crippen MR) is 281 cm³/mol. The van der Waals surface area contributed by atoms with Crippen molar-refractivity contribution in [2.75, 3.05) is 0 Å². The van der Waals surface area contributed by atoms with Crippen LogP contribution >= 0.6 is 0 Å². The molecule has 0 aliphatic heterocycles. The maximum atomic E-state index is 9.30. The van der Waals surface area contributed by atoms with Crippen LogP contribution in [-0.2, 0) is 10.8 Å². The lowest BCUT2D eigenvalue weighted by molar-refractivity contribution is -0.572. The SMILES string of the molecule is [2H]c1c([2H])c([2H])c(-c2ccc3c(c2)n(-c2cccc(Oc4ccc5c6ccccc6n(-c6cc(C([2H])([2H])[2H])c(-c7c([2H])c([2H])c([2H])c([2H])c7[2H])cn6)c5c4)c2)[c-][n+]3-c2c(-c3c([2H])c([2H])c([2H])c([2H])c3[2H])cc(C(C)(C)C)cc2C(C)(C)C)c([2H])c1[2H]. The van der Waals surface area contributed by atoms with Crippen LogP contribution in [0, 0.1) is 13.2 Å². The number of para-hydroxylation sites is 1. The molecule has 0 aliphatic carbocycles. The van der Waals surface area contributed by atoms with Gasteiger partial charge in [0.15, 0.2) is 0 Å². The van der Waals surface area contributed by atoms with E-state index in [2.05, 4.69) is 12.4 Å². The van der Waals surface area contributed by atoms with Crippen LogP contribution in [0.15, 0.2) is 200 Å². The Hall–Kier alpha value is -8.02. The molecular formula is C63H54N4O. The summed E-state index contributed by atoms with van der Waals surface area (Å²) in [6.45, 7) is 9.34. The van der Waals surface area contributed by atoms with Crippen LogP contribution in [-0.4, -0.2) is 14.1 Å². The number of fused-ring (bicyclic) bond motifs is 4. The fourth-order valence-corrected chi connectivity index (χ4v) is 8.71. The molecule has 68 heavy (non-hydrogen) atoms. The van der Waals surface area contributed by atoms with Gasteiger partial charge in [-0.05, 0) is 111 Å². The molecule has 3 heterocycles. The van der Waals surface area contributed by atoms with Crippen LogP contribution in [0.5, 0.6) is 11.5 Å². The smallest absolute Gasteiger partial charge is 0.269 e. The summed E-state index contributed by atoms with van der Waals surface area (Å²) in [6, 6.07) is 22.5. The normalized spacial score (nSPS) is 16.0. The maximum Gasteiger partial charge on any atom is 0.269 e. The molecule has 0 saturated heterocycles. The molecule has 0 bridgehead atoms. The molecule has 0 atom stereocenters. The van der Waals surface area contributed by atoms with E-state index < -0.39 is 108 Å². The van der Waals surface area contributed by atoms with Gasteiger partial charge in [-0.2, -0.15) is 0 Å². The number of aromatic nitrogens is 4. The minimum atomic E-state index is -2.82. The highest BCUT2D eigenvalue weighted by Gasteiger charge is 2.28. The minimum absolute atomic E-state index is 0.0228. The molecule has 0 radical (unpaired) electrons. The lowest BCUT2D eigenvalue weighted by Crippen LogP contribution is -2.35. The molecule has 0 unspecified atom stereocenters. The van der Waals surface area contributed by atoms with E-state index in [9.17, 15) is 2.74 Å². The van der Waals surface area contributed by atoms with Gasteiger partial charge in [-0.3, -0.25) is 13.7 Å². The average molecular weight is 901 g/mol. The molecular weight excluding hydrogens is 829 g/mol. The van der Waals surface area contributed by atoms with Gasteiger partial charge in [0.2, 0.25) is 0 Å². The van der Waals surface area contributed by atoms with E-state index >= 15 is 0 Å². The summed E-state index contributed by atoms with van der Waals surface area (Å²) in [5, 5.41) is 1.56. The summed E-state index contributed by atoms with van der Waals surface area (Å²) in [4.78, 5) is 4.70. The van der Waals surface area contributed by atoms with Crippen LogP contribution < -0.4 is 9.30 Å². The van der Waals surface area contributed by atoms with E-state index in [1.807, 2.05) is 77.9 Å². The zero-order valence-corrected chi connectivity index (χ0v) is 38.1. The van der Waals surface area contributed by atoms with E-state index in [0.29, 0.717) is 56.1 Å². The molecule has 332 valence electrons. The highest BCUT2D eigenvalue weighted by atomic mass is 16.5. The second-order valence-electron chi connectivity index (χ2n) is 18.6. The minimum Gasteiger partial charge on any atom is -0.458 e. The topological polar surface area (TPSA) is 35.9 Å². The first-order valence-corrected chi connectivity index (χ1v) is 22.0. The quantitative estimate of drug-likeness (QED) is 0.113. The van der Waals surface area contributed by atoms with Crippen molar-refractivity contribution in [2.24, 2.45) is 0 Å². The van der Waals surface area contributed by atoms with E-state index in [1.54, 1.807) is 68.3 Å². The Morgan fingerprint density at radius 2 is 1.25 bits per heavy atom. The van der Waals surface area contributed by atoms with Crippen LogP contribution in [0.25, 0.3) is 83.4 Å². The third kappa shape index (κ3) is 7.74. The lowest BCUT2D eigenvalue weighted by Gasteiger charge is -2.30. The molecule has 3 aromatic heterocycles. The average Bonchev–Trinajstić information content (AvgIpc) is 3.40. The first-order chi connectivity index (χ1) is 40.3. The number of aryl methyl sites for hydroxylation is 1. The molecule has 8 aromatic carbocycles. The summed E-state index contributed by atoms with van der Waals surface area (Å²) < 4.78 is 168. The second kappa shape index (κ2) is 16.7. The summed E-state index contributed by atoms with van der Waals surface area (Å²) in [5.74, 6) is 0.854. The Kier molecular flexibility index (Phi) is 6.62. The summed E-state index contributed by atoms with van der Waals surface area (Å²) in [6.07, 6.45) is 4.77. The first-order valence-electron chi connectivity index (χ1n) is 31.0. The van der Waals surface area contributed by atoms with Gasteiger partial charge >= 0.3 is 0 Å². The Labute approximate surface area is 424 Å². The first kappa shape index (κ1) is 27.0. The number of rotatable bonds is 8. The van der Waals surface area contributed by atoms with Crippen molar-refractivity contribution in [1.29, 1.82) is 0 Å². The van der Waals surface area contributed by atoms with Crippen molar-refractivity contribution in [3.05, 3.63) is 223 Å². The zero-order chi connectivity index (χ0) is 62.3. The Morgan fingerprint density at radius 1 is 0.574 bits per heavy atom. The van der Waals surface area contributed by atoms with E-state index in [4.69, 9.17) is 31.7 Å². The Bertz CT molecular complexity index is 4620. The van der Waals surface area contributed by atoms with Crippen LogP contribution in [0.3, 0.4) is 0 Å². The van der Waals surface area contributed by atoms with E-state index in [1.165, 1.54) is 12.3 Å². The summed E-state index contributed by atoms with van der Waals surface area (Å²) in [5.41, 5.74) is 3.41. The van der Waals surface area contributed by atoms with Crippen molar-refractivity contribution < 1.29 is 34.0 Å². The summed E-state index contributed by atoms with van der Waals surface area (Å²) >= 11 is 0. The van der Waals surface area contributed by atoms with Crippen LogP contribution in [0.4, 0.5) is 0 Å². The molecule has 5 heteroatoms. The number of ether oxygens (including phenoxy) is 1. The lowest BCUT2D eigenvalue weighted by atomic mass is 9.77. The zero-order valence-electron chi connectivity index (χ0n) is 56.1. The standard InChI is InChI=1S/C63H54N4O/c1-42-34-60(64-40-54(42)45-24-15-10-16-25-45)67-56-29-18-17-28-51(56)52-32-31-50(39-58(52)67)68-49-27-19-26-48(38-49)65-41-66(57-33-30-46(35-59(57)65)43-20-11-8-12-21-43)61-53(44-22-13-9-14-23-44)36-47(62(2,3)4)37-55(61)63(5,6)7/h8-40H,1-7H3/i1D3,8D,9D,10D,11D,12D,13D,14D,15D,16D,20D,21D,22D,23D,24D,25D. The van der Waals surface area contributed by atoms with E-state index in [0.717, 1.165) is 21.9 Å². The highest BCUT2D eigenvalue weighted by molar-refractivity contribution is 6.09. The number of benzene rings is 8.